The van der Waals surface area contributed by atoms with Gasteiger partial charge < -0.3 is 19.3 Å². The monoisotopic (exact) mass is 337 g/mol. The number of ether oxygens (including phenoxy) is 3. The van der Waals surface area contributed by atoms with Crippen LogP contribution in [-0.2, 0) is 27.5 Å². The van der Waals surface area contributed by atoms with Gasteiger partial charge in [-0.1, -0.05) is 6.42 Å². The zero-order valence-corrected chi connectivity index (χ0v) is 13.2. The third-order valence-electron chi connectivity index (χ3n) is 4.40. The van der Waals surface area contributed by atoms with Crippen molar-refractivity contribution in [3.05, 3.63) is 33.4 Å². The van der Waals surface area contributed by atoms with E-state index < -0.39 is 16.5 Å². The number of aliphatic hydroxyl groups is 1. The van der Waals surface area contributed by atoms with E-state index in [0.717, 1.165) is 19.3 Å². The summed E-state index contributed by atoms with van der Waals surface area (Å²) in [7, 11) is 0. The van der Waals surface area contributed by atoms with E-state index >= 15 is 0 Å². The molecule has 0 saturated heterocycles. The highest BCUT2D eigenvalue weighted by Crippen LogP contribution is 2.34. The van der Waals surface area contributed by atoms with Gasteiger partial charge in [0, 0.05) is 23.3 Å². The van der Waals surface area contributed by atoms with Gasteiger partial charge >= 0.3 is 5.97 Å². The molecular weight excluding hydrogens is 318 g/mol. The number of non-ortho nitro benzene ring substituents is 1. The maximum absolute atomic E-state index is 12.2. The predicted octanol–water partition coefficient (Wildman–Crippen LogP) is 2.20. The van der Waals surface area contributed by atoms with E-state index in [0.29, 0.717) is 29.7 Å². The molecule has 0 spiro atoms. The second kappa shape index (κ2) is 6.74. The van der Waals surface area contributed by atoms with Crippen molar-refractivity contribution < 1.29 is 29.0 Å². The van der Waals surface area contributed by atoms with Crippen molar-refractivity contribution in [2.24, 2.45) is 0 Å². The lowest BCUT2D eigenvalue weighted by atomic mass is 9.85. The van der Waals surface area contributed by atoms with Crippen molar-refractivity contribution in [2.45, 2.75) is 50.9 Å². The molecular formula is C16H19NO7. The van der Waals surface area contributed by atoms with Gasteiger partial charge in [0.25, 0.3) is 5.69 Å². The molecule has 8 heteroatoms. The average molecular weight is 337 g/mol. The van der Waals surface area contributed by atoms with Crippen LogP contribution in [-0.4, -0.2) is 28.4 Å². The van der Waals surface area contributed by atoms with Crippen LogP contribution in [0.25, 0.3) is 0 Å². The number of nitro benzene ring substituents is 1. The van der Waals surface area contributed by atoms with Crippen molar-refractivity contribution in [3.8, 4) is 5.75 Å². The molecule has 0 aromatic heterocycles. The molecule has 3 rings (SSSR count). The molecule has 130 valence electrons. The number of nitrogens with zero attached hydrogens (tertiary/aromatic N) is 1. The Morgan fingerprint density at radius 1 is 1.33 bits per heavy atom. The van der Waals surface area contributed by atoms with Gasteiger partial charge in [-0.3, -0.25) is 10.1 Å². The lowest BCUT2D eigenvalue weighted by Crippen LogP contribution is -2.41. The van der Waals surface area contributed by atoms with Gasteiger partial charge in [0.1, 0.15) is 12.4 Å². The topological polar surface area (TPSA) is 108 Å². The van der Waals surface area contributed by atoms with Gasteiger partial charge in [0.05, 0.1) is 11.5 Å². The van der Waals surface area contributed by atoms with Crippen LogP contribution in [0.1, 0.15) is 43.2 Å². The van der Waals surface area contributed by atoms with E-state index in [1.165, 1.54) is 12.1 Å². The van der Waals surface area contributed by atoms with Gasteiger partial charge in [-0.2, -0.15) is 0 Å². The van der Waals surface area contributed by atoms with Crippen LogP contribution in [0.2, 0.25) is 0 Å². The number of nitro groups is 1. The summed E-state index contributed by atoms with van der Waals surface area (Å²) in [5.74, 6) is -0.246. The van der Waals surface area contributed by atoms with Crippen molar-refractivity contribution in [1.29, 1.82) is 0 Å². The Labute approximate surface area is 138 Å². The van der Waals surface area contributed by atoms with Crippen LogP contribution < -0.4 is 4.74 Å². The van der Waals surface area contributed by atoms with Crippen molar-refractivity contribution >= 4 is 11.7 Å². The summed E-state index contributed by atoms with van der Waals surface area (Å²) in [6.07, 6.45) is 3.30. The fourth-order valence-electron chi connectivity index (χ4n) is 3.11. The number of hydrogen-bond acceptors (Lipinski definition) is 7. The summed E-state index contributed by atoms with van der Waals surface area (Å²) in [6.45, 7) is 0.0444. The summed E-state index contributed by atoms with van der Waals surface area (Å²) in [5, 5.41) is 21.4. The van der Waals surface area contributed by atoms with Gasteiger partial charge in [-0.25, -0.2) is 4.79 Å². The summed E-state index contributed by atoms with van der Waals surface area (Å²) in [6, 6.07) is 2.71. The number of benzene rings is 1. The molecule has 2 aliphatic rings. The van der Waals surface area contributed by atoms with Crippen LogP contribution in [0.15, 0.2) is 12.1 Å². The summed E-state index contributed by atoms with van der Waals surface area (Å²) < 4.78 is 15.8. The molecule has 1 aliphatic carbocycles. The molecule has 1 fully saturated rings. The first-order valence-corrected chi connectivity index (χ1v) is 7.90. The molecule has 1 saturated carbocycles. The zero-order valence-electron chi connectivity index (χ0n) is 13.2. The second-order valence-corrected chi connectivity index (χ2v) is 6.13. The summed E-state index contributed by atoms with van der Waals surface area (Å²) in [5.41, 5.74) is -0.637. The molecule has 8 nitrogen and oxygen atoms in total. The minimum Gasteiger partial charge on any atom is -0.467 e. The molecule has 0 radical (unpaired) electrons. The Balaban J connectivity index is 1.77. The highest BCUT2D eigenvalue weighted by molar-refractivity contribution is 5.79. The molecule has 1 N–H and O–H groups in total. The quantitative estimate of drug-likeness (QED) is 0.509. The number of carbonyl (C=O) groups excluding carboxylic acids is 1. The van der Waals surface area contributed by atoms with E-state index in [2.05, 4.69) is 0 Å². The van der Waals surface area contributed by atoms with E-state index in [4.69, 9.17) is 14.2 Å². The lowest BCUT2D eigenvalue weighted by molar-refractivity contribution is -0.385. The molecule has 1 aromatic rings. The smallest absolute Gasteiger partial charge is 0.338 e. The van der Waals surface area contributed by atoms with Crippen LogP contribution in [0.5, 0.6) is 5.75 Å². The third kappa shape index (κ3) is 3.34. The Kier molecular flexibility index (Phi) is 4.68. The first-order chi connectivity index (χ1) is 11.5. The molecule has 1 aromatic carbocycles. The highest BCUT2D eigenvalue weighted by Gasteiger charge is 2.38. The SMILES string of the molecule is O=C(OCc1cc([N+](=O)[O-])cc2c1OCOC2)C1(O)CCCCC1. The van der Waals surface area contributed by atoms with Gasteiger partial charge in [-0.05, 0) is 25.7 Å². The first kappa shape index (κ1) is 16.7. The van der Waals surface area contributed by atoms with E-state index in [1.54, 1.807) is 0 Å². The maximum atomic E-state index is 12.2. The first-order valence-electron chi connectivity index (χ1n) is 7.90. The molecule has 0 unspecified atom stereocenters. The minimum absolute atomic E-state index is 0.0374. The molecule has 1 aliphatic heterocycles. The normalized spacial score (nSPS) is 19.0. The largest absolute Gasteiger partial charge is 0.467 e. The van der Waals surface area contributed by atoms with Crippen molar-refractivity contribution in [1.82, 2.24) is 0 Å². The minimum atomic E-state index is -1.46. The number of fused-ring (bicyclic) bond motifs is 1. The van der Waals surface area contributed by atoms with Gasteiger partial charge in [0.2, 0.25) is 0 Å². The standard InChI is InChI=1S/C16H19NO7/c18-15(16(19)4-2-1-3-5-16)23-9-12-7-13(17(20)21)6-11-8-22-10-24-14(11)12/h6-7,19H,1-5,8-10H2. The fraction of sp³-hybridized carbons (Fsp3) is 0.562. The Hall–Kier alpha value is -2.19. The molecule has 1 heterocycles. The van der Waals surface area contributed by atoms with Crippen LogP contribution >= 0.6 is 0 Å². The fourth-order valence-corrected chi connectivity index (χ4v) is 3.11. The van der Waals surface area contributed by atoms with Gasteiger partial charge in [0.15, 0.2) is 12.4 Å². The maximum Gasteiger partial charge on any atom is 0.338 e. The van der Waals surface area contributed by atoms with E-state index in [1.807, 2.05) is 0 Å². The molecule has 0 amide bonds. The third-order valence-corrected chi connectivity index (χ3v) is 4.40. The highest BCUT2D eigenvalue weighted by atomic mass is 16.7. The predicted molar refractivity (Wildman–Crippen MR) is 81.2 cm³/mol. The van der Waals surface area contributed by atoms with Crippen molar-refractivity contribution in [3.63, 3.8) is 0 Å². The number of carbonyl (C=O) groups is 1. The van der Waals surface area contributed by atoms with Crippen LogP contribution in [0, 0.1) is 10.1 Å². The Morgan fingerprint density at radius 3 is 2.79 bits per heavy atom. The van der Waals surface area contributed by atoms with E-state index in [9.17, 15) is 20.0 Å². The number of hydrogen-bond donors (Lipinski definition) is 1. The zero-order chi connectivity index (χ0) is 17.2. The van der Waals surface area contributed by atoms with Crippen LogP contribution in [0.4, 0.5) is 5.69 Å². The Morgan fingerprint density at radius 2 is 2.08 bits per heavy atom. The Bertz CT molecular complexity index is 652. The lowest BCUT2D eigenvalue weighted by Gasteiger charge is -2.29. The molecule has 0 bridgehead atoms. The number of esters is 1. The summed E-state index contributed by atoms with van der Waals surface area (Å²) >= 11 is 0. The van der Waals surface area contributed by atoms with Crippen LogP contribution in [0.3, 0.4) is 0 Å². The molecule has 0 atom stereocenters. The van der Waals surface area contributed by atoms with Gasteiger partial charge in [-0.15, -0.1) is 0 Å². The second-order valence-electron chi connectivity index (χ2n) is 6.13. The average Bonchev–Trinajstić information content (AvgIpc) is 2.59. The molecule has 24 heavy (non-hydrogen) atoms. The summed E-state index contributed by atoms with van der Waals surface area (Å²) in [4.78, 5) is 22.7. The van der Waals surface area contributed by atoms with Crippen molar-refractivity contribution in [2.75, 3.05) is 6.79 Å². The number of rotatable bonds is 4. The van der Waals surface area contributed by atoms with E-state index in [-0.39, 0.29) is 25.7 Å².